The van der Waals surface area contributed by atoms with Gasteiger partial charge in [-0.3, -0.25) is 0 Å². The summed E-state index contributed by atoms with van der Waals surface area (Å²) >= 11 is 12.2. The first-order valence-corrected chi connectivity index (χ1v) is 6.62. The summed E-state index contributed by atoms with van der Waals surface area (Å²) in [5.41, 5.74) is 7.80. The van der Waals surface area contributed by atoms with Crippen molar-refractivity contribution in [3.8, 4) is 0 Å². The Morgan fingerprint density at radius 3 is 2.55 bits per heavy atom. The first-order chi connectivity index (χ1) is 9.61. The van der Waals surface area contributed by atoms with Gasteiger partial charge in [0.15, 0.2) is 5.84 Å². The molecule has 2 aromatic rings. The molecule has 0 heterocycles. The predicted octanol–water partition coefficient (Wildman–Crippen LogP) is 3.70. The molecule has 2 rings (SSSR count). The van der Waals surface area contributed by atoms with E-state index < -0.39 is 0 Å². The first kappa shape index (κ1) is 14.5. The summed E-state index contributed by atoms with van der Waals surface area (Å²) in [6.07, 6.45) is 0. The van der Waals surface area contributed by atoms with Gasteiger partial charge in [-0.2, -0.15) is 0 Å². The van der Waals surface area contributed by atoms with Gasteiger partial charge in [0.05, 0.1) is 10.7 Å². The van der Waals surface area contributed by atoms with Gasteiger partial charge >= 0.3 is 0 Å². The lowest BCUT2D eigenvalue weighted by Crippen LogP contribution is -2.13. The minimum Gasteiger partial charge on any atom is -0.409 e. The molecule has 0 amide bonds. The second kappa shape index (κ2) is 6.50. The van der Waals surface area contributed by atoms with E-state index in [1.807, 2.05) is 30.3 Å². The molecule has 0 saturated heterocycles. The highest BCUT2D eigenvalue weighted by Crippen LogP contribution is 2.23. The number of amidine groups is 1. The van der Waals surface area contributed by atoms with Gasteiger partial charge < -0.3 is 16.3 Å². The van der Waals surface area contributed by atoms with Crippen LogP contribution < -0.4 is 11.1 Å². The molecule has 2 aromatic carbocycles. The third-order valence-electron chi connectivity index (χ3n) is 2.80. The van der Waals surface area contributed by atoms with Crippen molar-refractivity contribution in [1.82, 2.24) is 0 Å². The van der Waals surface area contributed by atoms with Crippen molar-refractivity contribution in [2.45, 2.75) is 6.54 Å². The molecule has 0 spiro atoms. The number of anilines is 1. The maximum Gasteiger partial charge on any atom is 0.170 e. The fourth-order valence-electron chi connectivity index (χ4n) is 1.70. The number of hydrogen-bond donors (Lipinski definition) is 3. The number of halogens is 2. The summed E-state index contributed by atoms with van der Waals surface area (Å²) in [4.78, 5) is 0. The van der Waals surface area contributed by atoms with Crippen LogP contribution in [0.5, 0.6) is 0 Å². The maximum absolute atomic E-state index is 8.62. The fourth-order valence-corrected chi connectivity index (χ4v) is 2.15. The molecule has 0 aliphatic heterocycles. The van der Waals surface area contributed by atoms with Gasteiger partial charge in [-0.1, -0.05) is 52.6 Å². The van der Waals surface area contributed by atoms with Crippen molar-refractivity contribution in [3.63, 3.8) is 0 Å². The smallest absolute Gasteiger partial charge is 0.170 e. The Morgan fingerprint density at radius 1 is 1.15 bits per heavy atom. The van der Waals surface area contributed by atoms with Crippen molar-refractivity contribution in [3.05, 3.63) is 63.6 Å². The molecule has 0 aromatic heterocycles. The summed E-state index contributed by atoms with van der Waals surface area (Å²) in [5, 5.41) is 16.0. The Kier molecular flexibility index (Phi) is 4.71. The van der Waals surface area contributed by atoms with Gasteiger partial charge in [0.2, 0.25) is 0 Å². The zero-order chi connectivity index (χ0) is 14.5. The summed E-state index contributed by atoms with van der Waals surface area (Å²) in [6.45, 7) is 0.527. The molecule has 4 nitrogen and oxygen atoms in total. The zero-order valence-electron chi connectivity index (χ0n) is 10.5. The van der Waals surface area contributed by atoms with Crippen LogP contribution in [0.4, 0.5) is 5.69 Å². The molecule has 0 saturated carbocycles. The Bertz CT molecular complexity index is 644. The Morgan fingerprint density at radius 2 is 1.90 bits per heavy atom. The Labute approximate surface area is 126 Å². The Balaban J connectivity index is 2.13. The van der Waals surface area contributed by atoms with E-state index in [4.69, 9.17) is 34.1 Å². The normalized spacial score (nSPS) is 11.4. The summed E-state index contributed by atoms with van der Waals surface area (Å²) in [5.74, 6) is 0.0255. The summed E-state index contributed by atoms with van der Waals surface area (Å²) < 4.78 is 0. The number of benzene rings is 2. The van der Waals surface area contributed by atoms with E-state index in [-0.39, 0.29) is 5.84 Å². The van der Waals surface area contributed by atoms with Crippen LogP contribution in [0.25, 0.3) is 0 Å². The van der Waals surface area contributed by atoms with Crippen LogP contribution in [-0.4, -0.2) is 11.0 Å². The number of nitrogens with zero attached hydrogens (tertiary/aromatic N) is 1. The molecule has 4 N–H and O–H groups in total. The van der Waals surface area contributed by atoms with E-state index in [1.54, 1.807) is 12.1 Å². The molecule has 6 heteroatoms. The number of nitrogens with two attached hydrogens (primary N) is 1. The highest BCUT2D eigenvalue weighted by Gasteiger charge is 2.06. The van der Waals surface area contributed by atoms with Crippen LogP contribution in [0.3, 0.4) is 0 Å². The van der Waals surface area contributed by atoms with E-state index in [9.17, 15) is 0 Å². The second-order valence-corrected chi connectivity index (χ2v) is 4.94. The van der Waals surface area contributed by atoms with Crippen molar-refractivity contribution in [1.29, 1.82) is 0 Å². The SMILES string of the molecule is N/C(=N/O)c1ccc(CNc2ccccc2Cl)c(Cl)c1. The topological polar surface area (TPSA) is 70.6 Å². The van der Waals surface area contributed by atoms with Gasteiger partial charge in [-0.05, 0) is 23.8 Å². The lowest BCUT2D eigenvalue weighted by atomic mass is 10.1. The summed E-state index contributed by atoms with van der Waals surface area (Å²) in [7, 11) is 0. The lowest BCUT2D eigenvalue weighted by Gasteiger charge is -2.10. The van der Waals surface area contributed by atoms with Crippen LogP contribution in [0.2, 0.25) is 10.0 Å². The van der Waals surface area contributed by atoms with Gasteiger partial charge in [-0.25, -0.2) is 0 Å². The Hall–Kier alpha value is -1.91. The molecule has 0 radical (unpaired) electrons. The molecule has 0 fully saturated rings. The molecule has 0 unspecified atom stereocenters. The van der Waals surface area contributed by atoms with Crippen LogP contribution in [0, 0.1) is 0 Å². The number of hydrogen-bond acceptors (Lipinski definition) is 3. The van der Waals surface area contributed by atoms with Gasteiger partial charge in [0, 0.05) is 17.1 Å². The number of oxime groups is 1. The molecular formula is C14H13Cl2N3O. The minimum absolute atomic E-state index is 0.0255. The average Bonchev–Trinajstić information content (AvgIpc) is 2.46. The predicted molar refractivity (Wildman–Crippen MR) is 82.7 cm³/mol. The third kappa shape index (κ3) is 3.35. The molecule has 20 heavy (non-hydrogen) atoms. The molecule has 0 aliphatic rings. The number of rotatable bonds is 4. The molecule has 104 valence electrons. The van der Waals surface area contributed by atoms with Crippen LogP contribution in [-0.2, 0) is 6.54 Å². The fraction of sp³-hybridized carbons (Fsp3) is 0.0714. The van der Waals surface area contributed by atoms with E-state index in [0.29, 0.717) is 22.2 Å². The third-order valence-corrected chi connectivity index (χ3v) is 3.48. The van der Waals surface area contributed by atoms with Crippen molar-refractivity contribution < 1.29 is 5.21 Å². The lowest BCUT2D eigenvalue weighted by molar-refractivity contribution is 0.318. The molecule has 0 atom stereocenters. The number of nitrogens with one attached hydrogen (secondary N) is 1. The second-order valence-electron chi connectivity index (χ2n) is 4.12. The molecule has 0 bridgehead atoms. The zero-order valence-corrected chi connectivity index (χ0v) is 12.0. The highest BCUT2D eigenvalue weighted by atomic mass is 35.5. The quantitative estimate of drug-likeness (QED) is 0.349. The van der Waals surface area contributed by atoms with E-state index in [0.717, 1.165) is 11.3 Å². The first-order valence-electron chi connectivity index (χ1n) is 5.86. The minimum atomic E-state index is 0.0255. The van der Waals surface area contributed by atoms with Gasteiger partial charge in [-0.15, -0.1) is 0 Å². The highest BCUT2D eigenvalue weighted by molar-refractivity contribution is 6.33. The maximum atomic E-state index is 8.62. The van der Waals surface area contributed by atoms with Gasteiger partial charge in [0.25, 0.3) is 0 Å². The van der Waals surface area contributed by atoms with Crippen molar-refractivity contribution >= 4 is 34.7 Å². The standard InChI is InChI=1S/C14H13Cl2N3O/c15-11-3-1-2-4-13(11)18-8-10-6-5-9(7-12(10)16)14(17)19-20/h1-7,18,20H,8H2,(H2,17,19). The van der Waals surface area contributed by atoms with Crippen molar-refractivity contribution in [2.75, 3.05) is 5.32 Å². The van der Waals surface area contributed by atoms with E-state index >= 15 is 0 Å². The number of para-hydroxylation sites is 1. The van der Waals surface area contributed by atoms with Crippen LogP contribution >= 0.6 is 23.2 Å². The largest absolute Gasteiger partial charge is 0.409 e. The average molecular weight is 310 g/mol. The van der Waals surface area contributed by atoms with E-state index in [2.05, 4.69) is 10.5 Å². The molecular weight excluding hydrogens is 297 g/mol. The monoisotopic (exact) mass is 309 g/mol. The summed E-state index contributed by atoms with van der Waals surface area (Å²) in [6, 6.07) is 12.7. The van der Waals surface area contributed by atoms with Crippen LogP contribution in [0.1, 0.15) is 11.1 Å². The van der Waals surface area contributed by atoms with E-state index in [1.165, 1.54) is 0 Å². The van der Waals surface area contributed by atoms with Crippen molar-refractivity contribution in [2.24, 2.45) is 10.9 Å². The van der Waals surface area contributed by atoms with Gasteiger partial charge in [0.1, 0.15) is 0 Å². The van der Waals surface area contributed by atoms with Crippen LogP contribution in [0.15, 0.2) is 47.6 Å². The molecule has 0 aliphatic carbocycles.